The van der Waals surface area contributed by atoms with Crippen molar-refractivity contribution in [2.75, 3.05) is 13.2 Å². The minimum absolute atomic E-state index is 0.446. The number of benzene rings is 1. The molecule has 1 heterocycles. The second-order valence-corrected chi connectivity index (χ2v) is 4.51. The van der Waals surface area contributed by atoms with Crippen molar-refractivity contribution in [1.29, 1.82) is 0 Å². The van der Waals surface area contributed by atoms with Gasteiger partial charge in [-0.05, 0) is 12.8 Å². The zero-order valence-corrected chi connectivity index (χ0v) is 10.9. The lowest BCUT2D eigenvalue weighted by Gasteiger charge is -2.07. The van der Waals surface area contributed by atoms with Crippen LogP contribution in [0.5, 0.6) is 0 Å². The van der Waals surface area contributed by atoms with Gasteiger partial charge in [0, 0.05) is 31.3 Å². The smallest absolute Gasteiger partial charge is 0.137 e. The second-order valence-electron chi connectivity index (χ2n) is 4.51. The van der Waals surface area contributed by atoms with Crippen LogP contribution >= 0.6 is 0 Å². The first-order valence-electron chi connectivity index (χ1n) is 6.38. The lowest BCUT2D eigenvalue weighted by atomic mass is 10.1. The summed E-state index contributed by atoms with van der Waals surface area (Å²) in [5, 5.41) is 4.10. The van der Waals surface area contributed by atoms with Gasteiger partial charge in [-0.3, -0.25) is 0 Å². The lowest BCUT2D eigenvalue weighted by Crippen LogP contribution is -2.08. The molecule has 0 saturated heterocycles. The molecule has 18 heavy (non-hydrogen) atoms. The van der Waals surface area contributed by atoms with Crippen LogP contribution in [0.3, 0.4) is 0 Å². The van der Waals surface area contributed by atoms with Crippen molar-refractivity contribution in [2.24, 2.45) is 5.92 Å². The molecule has 0 bridgehead atoms. The number of ether oxygens (including phenoxy) is 1. The van der Waals surface area contributed by atoms with Gasteiger partial charge in [-0.1, -0.05) is 42.4 Å². The average Bonchev–Trinajstić information content (AvgIpc) is 2.86. The first kappa shape index (κ1) is 12.8. The third kappa shape index (κ3) is 3.44. The van der Waals surface area contributed by atoms with Crippen LogP contribution in [0.15, 0.2) is 40.9 Å². The van der Waals surface area contributed by atoms with E-state index in [1.807, 2.05) is 43.3 Å². The van der Waals surface area contributed by atoms with Gasteiger partial charge in [-0.2, -0.15) is 0 Å². The third-order valence-electron chi connectivity index (χ3n) is 2.78. The molecule has 0 N–H and O–H groups in total. The fourth-order valence-corrected chi connectivity index (χ4v) is 1.88. The molecule has 0 fully saturated rings. The molecule has 0 radical (unpaired) electrons. The van der Waals surface area contributed by atoms with E-state index in [9.17, 15) is 0 Å². The summed E-state index contributed by atoms with van der Waals surface area (Å²) in [6, 6.07) is 12.1. The van der Waals surface area contributed by atoms with Gasteiger partial charge in [0.1, 0.15) is 11.5 Å². The van der Waals surface area contributed by atoms with Crippen molar-refractivity contribution in [1.82, 2.24) is 5.16 Å². The van der Waals surface area contributed by atoms with Gasteiger partial charge in [-0.25, -0.2) is 0 Å². The van der Waals surface area contributed by atoms with Crippen LogP contribution in [-0.4, -0.2) is 18.4 Å². The van der Waals surface area contributed by atoms with Gasteiger partial charge in [0.05, 0.1) is 0 Å². The summed E-state index contributed by atoms with van der Waals surface area (Å²) in [7, 11) is 0. The van der Waals surface area contributed by atoms with E-state index in [1.54, 1.807) is 0 Å². The summed E-state index contributed by atoms with van der Waals surface area (Å²) in [6.07, 6.45) is 0.861. The minimum Gasteiger partial charge on any atom is -0.381 e. The molecule has 1 unspecified atom stereocenters. The molecule has 0 aliphatic heterocycles. The van der Waals surface area contributed by atoms with Crippen LogP contribution in [0.4, 0.5) is 0 Å². The second kappa shape index (κ2) is 6.36. The maximum Gasteiger partial charge on any atom is 0.137 e. The zero-order chi connectivity index (χ0) is 12.8. The Labute approximate surface area is 108 Å². The van der Waals surface area contributed by atoms with Crippen LogP contribution in [0.25, 0.3) is 11.3 Å². The number of hydrogen-bond acceptors (Lipinski definition) is 3. The molecule has 3 nitrogen and oxygen atoms in total. The topological polar surface area (TPSA) is 35.3 Å². The van der Waals surface area contributed by atoms with Crippen LogP contribution in [0.2, 0.25) is 0 Å². The fraction of sp³-hybridized carbons (Fsp3) is 0.400. The lowest BCUT2D eigenvalue weighted by molar-refractivity contribution is 0.113. The Kier molecular flexibility index (Phi) is 4.53. The molecule has 0 aliphatic carbocycles. The van der Waals surface area contributed by atoms with Crippen LogP contribution in [-0.2, 0) is 11.2 Å². The maximum absolute atomic E-state index is 5.40. The molecule has 3 heteroatoms. The highest BCUT2D eigenvalue weighted by Crippen LogP contribution is 2.20. The van der Waals surface area contributed by atoms with Crippen LogP contribution in [0.1, 0.15) is 19.6 Å². The Morgan fingerprint density at radius 2 is 2.06 bits per heavy atom. The number of rotatable bonds is 6. The standard InChI is InChI=1S/C15H19NO2/c1-3-17-11-12(2)9-14-10-15(16-18-14)13-7-5-4-6-8-13/h4-8,10,12H,3,9,11H2,1-2H3. The Morgan fingerprint density at radius 3 is 2.78 bits per heavy atom. The van der Waals surface area contributed by atoms with Crippen molar-refractivity contribution in [3.8, 4) is 11.3 Å². The monoisotopic (exact) mass is 245 g/mol. The Hall–Kier alpha value is -1.61. The van der Waals surface area contributed by atoms with E-state index < -0.39 is 0 Å². The molecule has 1 aromatic heterocycles. The molecular formula is C15H19NO2. The molecule has 0 spiro atoms. The van der Waals surface area contributed by atoms with Crippen molar-refractivity contribution >= 4 is 0 Å². The molecule has 1 atom stereocenters. The molecular weight excluding hydrogens is 226 g/mol. The van der Waals surface area contributed by atoms with E-state index in [1.165, 1.54) is 0 Å². The maximum atomic E-state index is 5.40. The van der Waals surface area contributed by atoms with Gasteiger partial charge in [-0.15, -0.1) is 0 Å². The Balaban J connectivity index is 1.98. The Bertz CT molecular complexity index is 464. The van der Waals surface area contributed by atoms with E-state index in [0.29, 0.717) is 5.92 Å². The molecule has 2 rings (SSSR count). The zero-order valence-electron chi connectivity index (χ0n) is 10.9. The molecule has 0 amide bonds. The van der Waals surface area contributed by atoms with E-state index in [4.69, 9.17) is 9.26 Å². The predicted molar refractivity (Wildman–Crippen MR) is 71.3 cm³/mol. The predicted octanol–water partition coefficient (Wildman–Crippen LogP) is 3.56. The average molecular weight is 245 g/mol. The first-order valence-corrected chi connectivity index (χ1v) is 6.38. The van der Waals surface area contributed by atoms with Crippen molar-refractivity contribution in [3.05, 3.63) is 42.2 Å². The van der Waals surface area contributed by atoms with Crippen LogP contribution in [0, 0.1) is 5.92 Å². The highest BCUT2D eigenvalue weighted by molar-refractivity contribution is 5.58. The summed E-state index contributed by atoms with van der Waals surface area (Å²) in [5.74, 6) is 1.36. The molecule has 2 aromatic rings. The van der Waals surface area contributed by atoms with Crippen molar-refractivity contribution in [2.45, 2.75) is 20.3 Å². The largest absolute Gasteiger partial charge is 0.381 e. The van der Waals surface area contributed by atoms with Crippen LogP contribution < -0.4 is 0 Å². The molecule has 96 valence electrons. The quantitative estimate of drug-likeness (QED) is 0.780. The summed E-state index contributed by atoms with van der Waals surface area (Å²) < 4.78 is 10.8. The fourth-order valence-electron chi connectivity index (χ4n) is 1.88. The van der Waals surface area contributed by atoms with E-state index in [-0.39, 0.29) is 0 Å². The van der Waals surface area contributed by atoms with Gasteiger partial charge >= 0.3 is 0 Å². The first-order chi connectivity index (χ1) is 8.79. The van der Waals surface area contributed by atoms with Gasteiger partial charge in [0.2, 0.25) is 0 Å². The molecule has 0 saturated carbocycles. The Morgan fingerprint density at radius 1 is 1.28 bits per heavy atom. The normalized spacial score (nSPS) is 12.6. The third-order valence-corrected chi connectivity index (χ3v) is 2.78. The number of aromatic nitrogens is 1. The van der Waals surface area contributed by atoms with E-state index >= 15 is 0 Å². The number of nitrogens with zero attached hydrogens (tertiary/aromatic N) is 1. The highest BCUT2D eigenvalue weighted by atomic mass is 16.5. The summed E-state index contributed by atoms with van der Waals surface area (Å²) >= 11 is 0. The van der Waals surface area contributed by atoms with E-state index in [0.717, 1.165) is 36.7 Å². The number of hydrogen-bond donors (Lipinski definition) is 0. The molecule has 0 aliphatic rings. The SMILES string of the molecule is CCOCC(C)Cc1cc(-c2ccccc2)no1. The van der Waals surface area contributed by atoms with Gasteiger partial charge in [0.25, 0.3) is 0 Å². The summed E-state index contributed by atoms with van der Waals surface area (Å²) in [4.78, 5) is 0. The van der Waals surface area contributed by atoms with Gasteiger partial charge in [0.15, 0.2) is 0 Å². The summed E-state index contributed by atoms with van der Waals surface area (Å²) in [5.41, 5.74) is 1.99. The minimum atomic E-state index is 0.446. The van der Waals surface area contributed by atoms with Crippen molar-refractivity contribution < 1.29 is 9.26 Å². The highest BCUT2D eigenvalue weighted by Gasteiger charge is 2.10. The molecule has 1 aromatic carbocycles. The van der Waals surface area contributed by atoms with Gasteiger partial charge < -0.3 is 9.26 Å². The van der Waals surface area contributed by atoms with E-state index in [2.05, 4.69) is 12.1 Å². The van der Waals surface area contributed by atoms with Crippen molar-refractivity contribution in [3.63, 3.8) is 0 Å². The summed E-state index contributed by atoms with van der Waals surface area (Å²) in [6.45, 7) is 5.68.